The van der Waals surface area contributed by atoms with Crippen LogP contribution in [0.15, 0.2) is 23.3 Å². The second-order valence-electron chi connectivity index (χ2n) is 1.94. The van der Waals surface area contributed by atoms with Crippen LogP contribution >= 0.6 is 11.6 Å². The van der Waals surface area contributed by atoms with Crippen molar-refractivity contribution in [2.75, 3.05) is 7.11 Å². The molecule has 0 radical (unpaired) electrons. The van der Waals surface area contributed by atoms with Crippen LogP contribution in [-0.2, 0) is 9.53 Å². The highest BCUT2D eigenvalue weighted by molar-refractivity contribution is 6.31. The number of halogens is 1. The van der Waals surface area contributed by atoms with E-state index < -0.39 is 0 Å². The zero-order valence-corrected chi connectivity index (χ0v) is 6.26. The summed E-state index contributed by atoms with van der Waals surface area (Å²) in [6.45, 7) is 0. The highest BCUT2D eigenvalue weighted by atomic mass is 35.5. The number of hydrogen-bond donors (Lipinski definition) is 0. The maximum absolute atomic E-state index is 10.8. The quantitative estimate of drug-likeness (QED) is 0.541. The first-order chi connectivity index (χ1) is 4.75. The molecule has 1 atom stereocenters. The second-order valence-corrected chi connectivity index (χ2v) is 2.37. The van der Waals surface area contributed by atoms with Crippen LogP contribution in [0.3, 0.4) is 0 Å². The Hall–Kier alpha value is -0.760. The third-order valence-electron chi connectivity index (χ3n) is 1.31. The Morgan fingerprint density at radius 3 is 2.90 bits per heavy atom. The summed E-state index contributed by atoms with van der Waals surface area (Å²) in [6.07, 6.45) is 5.13. The summed E-state index contributed by atoms with van der Waals surface area (Å²) in [7, 11) is 1.35. The molecule has 1 aliphatic rings. The van der Waals surface area contributed by atoms with Crippen LogP contribution in [0.1, 0.15) is 0 Å². The first-order valence-electron chi connectivity index (χ1n) is 2.87. The van der Waals surface area contributed by atoms with Gasteiger partial charge in [0, 0.05) is 5.03 Å². The minimum atomic E-state index is -0.369. The lowest BCUT2D eigenvalue weighted by atomic mass is 10.2. The minimum absolute atomic E-state index is 0.310. The molecule has 0 bridgehead atoms. The standard InChI is InChI=1S/C7H7ClO2/c1-10-7(9)5-3-2-4-6(5)8/h2-5H,1H3/t5-/m1/s1. The molecular weight excluding hydrogens is 152 g/mol. The Bertz CT molecular complexity index is 206. The van der Waals surface area contributed by atoms with E-state index in [-0.39, 0.29) is 11.9 Å². The van der Waals surface area contributed by atoms with Crippen molar-refractivity contribution in [1.82, 2.24) is 0 Å². The molecule has 0 fully saturated rings. The van der Waals surface area contributed by atoms with Crippen LogP contribution < -0.4 is 0 Å². The molecule has 0 unspecified atom stereocenters. The number of ether oxygens (including phenoxy) is 1. The lowest BCUT2D eigenvalue weighted by Gasteiger charge is -2.03. The topological polar surface area (TPSA) is 26.3 Å². The third-order valence-corrected chi connectivity index (χ3v) is 1.67. The predicted molar refractivity (Wildman–Crippen MR) is 38.6 cm³/mol. The predicted octanol–water partition coefficient (Wildman–Crippen LogP) is 1.47. The van der Waals surface area contributed by atoms with Crippen molar-refractivity contribution < 1.29 is 9.53 Å². The molecule has 1 aliphatic carbocycles. The molecule has 0 aromatic carbocycles. The summed E-state index contributed by atoms with van der Waals surface area (Å²) in [6, 6.07) is 0. The molecule has 0 aliphatic heterocycles. The molecule has 0 N–H and O–H groups in total. The zero-order chi connectivity index (χ0) is 7.56. The SMILES string of the molecule is COC(=O)[C@@H]1C=CC=C1Cl. The fraction of sp³-hybridized carbons (Fsp3) is 0.286. The van der Waals surface area contributed by atoms with Crippen molar-refractivity contribution in [3.8, 4) is 0 Å². The van der Waals surface area contributed by atoms with Gasteiger partial charge in [0.25, 0.3) is 0 Å². The van der Waals surface area contributed by atoms with E-state index in [1.807, 2.05) is 0 Å². The zero-order valence-electron chi connectivity index (χ0n) is 5.50. The Labute approximate surface area is 64.1 Å². The van der Waals surface area contributed by atoms with Gasteiger partial charge in [-0.3, -0.25) is 4.79 Å². The van der Waals surface area contributed by atoms with E-state index >= 15 is 0 Å². The maximum Gasteiger partial charge on any atom is 0.317 e. The number of carbonyl (C=O) groups excluding carboxylic acids is 1. The Morgan fingerprint density at radius 2 is 2.50 bits per heavy atom. The number of hydrogen-bond acceptors (Lipinski definition) is 2. The summed E-state index contributed by atoms with van der Waals surface area (Å²) in [5.74, 6) is -0.679. The van der Waals surface area contributed by atoms with Gasteiger partial charge in [0.15, 0.2) is 0 Å². The van der Waals surface area contributed by atoms with Gasteiger partial charge in [-0.2, -0.15) is 0 Å². The second kappa shape index (κ2) is 2.88. The maximum atomic E-state index is 10.8. The largest absolute Gasteiger partial charge is 0.468 e. The lowest BCUT2D eigenvalue weighted by molar-refractivity contribution is -0.142. The van der Waals surface area contributed by atoms with Crippen LogP contribution in [0.2, 0.25) is 0 Å². The third kappa shape index (κ3) is 1.21. The van der Waals surface area contributed by atoms with Gasteiger partial charge in [-0.05, 0) is 6.08 Å². The molecule has 0 aromatic rings. The molecule has 2 nitrogen and oxygen atoms in total. The molecule has 0 spiro atoms. The average Bonchev–Trinajstić information content (AvgIpc) is 2.34. The van der Waals surface area contributed by atoms with Crippen LogP contribution in [0.25, 0.3) is 0 Å². The van der Waals surface area contributed by atoms with Crippen molar-refractivity contribution in [2.24, 2.45) is 5.92 Å². The van der Waals surface area contributed by atoms with E-state index in [9.17, 15) is 4.79 Å². The molecule has 0 heterocycles. The van der Waals surface area contributed by atoms with Crippen LogP contribution in [0, 0.1) is 5.92 Å². The van der Waals surface area contributed by atoms with Crippen molar-refractivity contribution in [3.63, 3.8) is 0 Å². The van der Waals surface area contributed by atoms with E-state index in [1.54, 1.807) is 18.2 Å². The fourth-order valence-corrected chi connectivity index (χ4v) is 1.01. The molecule has 0 amide bonds. The summed E-state index contributed by atoms with van der Waals surface area (Å²) in [5.41, 5.74) is 0. The summed E-state index contributed by atoms with van der Waals surface area (Å²) < 4.78 is 4.49. The monoisotopic (exact) mass is 158 g/mol. The van der Waals surface area contributed by atoms with Gasteiger partial charge in [0.1, 0.15) is 5.92 Å². The Kier molecular flexibility index (Phi) is 2.12. The number of methoxy groups -OCH3 is 1. The van der Waals surface area contributed by atoms with Gasteiger partial charge in [0.05, 0.1) is 7.11 Å². The Balaban J connectivity index is 2.66. The van der Waals surface area contributed by atoms with E-state index in [4.69, 9.17) is 11.6 Å². The molecule has 0 saturated heterocycles. The highest BCUT2D eigenvalue weighted by Crippen LogP contribution is 2.23. The first-order valence-corrected chi connectivity index (χ1v) is 3.25. The summed E-state index contributed by atoms with van der Waals surface area (Å²) >= 11 is 5.65. The fourth-order valence-electron chi connectivity index (χ4n) is 0.772. The van der Waals surface area contributed by atoms with Crippen LogP contribution in [-0.4, -0.2) is 13.1 Å². The number of carbonyl (C=O) groups is 1. The average molecular weight is 159 g/mol. The van der Waals surface area contributed by atoms with Gasteiger partial charge in [-0.25, -0.2) is 0 Å². The van der Waals surface area contributed by atoms with Gasteiger partial charge < -0.3 is 4.74 Å². The van der Waals surface area contributed by atoms with Crippen molar-refractivity contribution >= 4 is 17.6 Å². The molecule has 10 heavy (non-hydrogen) atoms. The van der Waals surface area contributed by atoms with Crippen molar-refractivity contribution in [1.29, 1.82) is 0 Å². The van der Waals surface area contributed by atoms with Crippen LogP contribution in [0.5, 0.6) is 0 Å². The van der Waals surface area contributed by atoms with Gasteiger partial charge >= 0.3 is 5.97 Å². The van der Waals surface area contributed by atoms with E-state index in [0.29, 0.717) is 5.03 Å². The smallest absolute Gasteiger partial charge is 0.317 e. The van der Waals surface area contributed by atoms with Gasteiger partial charge in [-0.1, -0.05) is 23.8 Å². The molecule has 0 aromatic heterocycles. The molecule has 0 saturated carbocycles. The van der Waals surface area contributed by atoms with Crippen molar-refractivity contribution in [2.45, 2.75) is 0 Å². The number of rotatable bonds is 1. The van der Waals surface area contributed by atoms with Gasteiger partial charge in [0.2, 0.25) is 0 Å². The van der Waals surface area contributed by atoms with Gasteiger partial charge in [-0.15, -0.1) is 0 Å². The normalized spacial score (nSPS) is 22.6. The molecule has 1 rings (SSSR count). The molecule has 54 valence electrons. The van der Waals surface area contributed by atoms with E-state index in [1.165, 1.54) is 7.11 Å². The van der Waals surface area contributed by atoms with E-state index in [2.05, 4.69) is 4.74 Å². The number of esters is 1. The lowest BCUT2D eigenvalue weighted by Crippen LogP contribution is -2.12. The molecule has 3 heteroatoms. The van der Waals surface area contributed by atoms with Crippen LogP contribution in [0.4, 0.5) is 0 Å². The van der Waals surface area contributed by atoms with Crippen molar-refractivity contribution in [3.05, 3.63) is 23.3 Å². The molecular formula is C7H7ClO2. The summed E-state index contributed by atoms with van der Waals surface area (Å²) in [5, 5.41) is 0.520. The first kappa shape index (κ1) is 7.35. The number of allylic oxidation sites excluding steroid dienone is 2. The Morgan fingerprint density at radius 1 is 1.80 bits per heavy atom. The minimum Gasteiger partial charge on any atom is -0.468 e. The highest BCUT2D eigenvalue weighted by Gasteiger charge is 2.21. The summed E-state index contributed by atoms with van der Waals surface area (Å²) in [4.78, 5) is 10.8. The van der Waals surface area contributed by atoms with E-state index in [0.717, 1.165) is 0 Å².